The molecule has 0 radical (unpaired) electrons. The highest BCUT2D eigenvalue weighted by atomic mass is 32.1. The summed E-state index contributed by atoms with van der Waals surface area (Å²) in [6, 6.07) is 1.06. The van der Waals surface area contributed by atoms with Crippen molar-refractivity contribution in [1.82, 2.24) is 15.2 Å². The van der Waals surface area contributed by atoms with Crippen LogP contribution in [0.3, 0.4) is 0 Å². The van der Waals surface area contributed by atoms with Gasteiger partial charge in [0.15, 0.2) is 5.13 Å². The molecule has 2 unspecified atom stereocenters. The van der Waals surface area contributed by atoms with Crippen molar-refractivity contribution in [2.24, 2.45) is 0 Å². The zero-order valence-corrected chi connectivity index (χ0v) is 14.3. The molecule has 1 saturated heterocycles. The van der Waals surface area contributed by atoms with Gasteiger partial charge in [0.2, 0.25) is 0 Å². The molecule has 1 N–H and O–H groups in total. The highest BCUT2D eigenvalue weighted by Gasteiger charge is 2.24. The van der Waals surface area contributed by atoms with E-state index < -0.39 is 0 Å². The van der Waals surface area contributed by atoms with Crippen LogP contribution < -0.4 is 10.2 Å². The minimum absolute atomic E-state index is 0.403. The number of piperidine rings is 1. The molecule has 2 rings (SSSR count). The van der Waals surface area contributed by atoms with Gasteiger partial charge in [-0.3, -0.25) is 0 Å². The maximum Gasteiger partial charge on any atom is 0.185 e. The lowest BCUT2D eigenvalue weighted by atomic mass is 10.1. The third kappa shape index (κ3) is 3.51. The van der Waals surface area contributed by atoms with Crippen molar-refractivity contribution < 1.29 is 0 Å². The second kappa shape index (κ2) is 6.87. The molecule has 5 heteroatoms. The Balaban J connectivity index is 2.11. The Kier molecular flexibility index (Phi) is 5.41. The summed E-state index contributed by atoms with van der Waals surface area (Å²) in [6.45, 7) is 9.77. The van der Waals surface area contributed by atoms with Crippen molar-refractivity contribution in [3.05, 3.63) is 10.6 Å². The van der Waals surface area contributed by atoms with Crippen molar-refractivity contribution in [2.45, 2.75) is 45.7 Å². The van der Waals surface area contributed by atoms with E-state index in [2.05, 4.69) is 50.0 Å². The summed E-state index contributed by atoms with van der Waals surface area (Å²) in [6.07, 6.45) is 2.56. The zero-order valence-electron chi connectivity index (χ0n) is 13.4. The molecule has 114 valence electrons. The van der Waals surface area contributed by atoms with Crippen LogP contribution in [0.5, 0.6) is 0 Å². The van der Waals surface area contributed by atoms with Crippen LogP contribution in [0, 0.1) is 6.92 Å². The predicted octanol–water partition coefficient (Wildman–Crippen LogP) is 2.65. The number of aryl methyl sites for hydroxylation is 1. The average molecular weight is 296 g/mol. The molecule has 0 spiro atoms. The Labute approximate surface area is 127 Å². The molecule has 1 aliphatic rings. The van der Waals surface area contributed by atoms with Gasteiger partial charge >= 0.3 is 0 Å². The van der Waals surface area contributed by atoms with E-state index in [1.807, 2.05) is 11.3 Å². The van der Waals surface area contributed by atoms with Gasteiger partial charge in [-0.15, -0.1) is 11.3 Å². The Morgan fingerprint density at radius 2 is 2.25 bits per heavy atom. The summed E-state index contributed by atoms with van der Waals surface area (Å²) in [5.41, 5.74) is 1.19. The van der Waals surface area contributed by atoms with Gasteiger partial charge in [-0.25, -0.2) is 4.98 Å². The first kappa shape index (κ1) is 15.7. The minimum Gasteiger partial charge on any atom is -0.347 e. The van der Waals surface area contributed by atoms with Crippen molar-refractivity contribution in [2.75, 3.05) is 38.6 Å². The molecule has 0 bridgehead atoms. The number of nitrogens with one attached hydrogen (secondary N) is 1. The van der Waals surface area contributed by atoms with Crippen LogP contribution in [0.25, 0.3) is 0 Å². The zero-order chi connectivity index (χ0) is 14.7. The van der Waals surface area contributed by atoms with Crippen LogP contribution in [0.2, 0.25) is 0 Å². The lowest BCUT2D eigenvalue weighted by molar-refractivity contribution is 0.258. The molecular weight excluding hydrogens is 268 g/mol. The largest absolute Gasteiger partial charge is 0.347 e. The fourth-order valence-electron chi connectivity index (χ4n) is 2.88. The summed E-state index contributed by atoms with van der Waals surface area (Å²) < 4.78 is 0. The van der Waals surface area contributed by atoms with E-state index in [0.717, 1.165) is 19.6 Å². The van der Waals surface area contributed by atoms with Crippen molar-refractivity contribution in [1.29, 1.82) is 0 Å². The maximum atomic E-state index is 4.82. The van der Waals surface area contributed by atoms with E-state index in [0.29, 0.717) is 12.1 Å². The molecule has 1 fully saturated rings. The molecule has 2 heterocycles. The number of likely N-dealkylation sites (N-methyl/N-ethyl adjacent to an activating group) is 1. The Morgan fingerprint density at radius 1 is 1.50 bits per heavy atom. The molecule has 4 nitrogen and oxygen atoms in total. The molecule has 0 amide bonds. The smallest absolute Gasteiger partial charge is 0.185 e. The van der Waals surface area contributed by atoms with E-state index >= 15 is 0 Å². The first-order valence-corrected chi connectivity index (χ1v) is 8.46. The topological polar surface area (TPSA) is 31.4 Å². The van der Waals surface area contributed by atoms with Gasteiger partial charge in [-0.05, 0) is 47.3 Å². The third-order valence-corrected chi connectivity index (χ3v) is 5.52. The fourth-order valence-corrected chi connectivity index (χ4v) is 4.01. The van der Waals surface area contributed by atoms with E-state index in [4.69, 9.17) is 4.98 Å². The van der Waals surface area contributed by atoms with Gasteiger partial charge < -0.3 is 15.1 Å². The number of thiazole rings is 1. The second-order valence-electron chi connectivity index (χ2n) is 5.93. The van der Waals surface area contributed by atoms with Crippen LogP contribution in [0.1, 0.15) is 43.3 Å². The quantitative estimate of drug-likeness (QED) is 0.905. The summed E-state index contributed by atoms with van der Waals surface area (Å²) in [5.74, 6) is 0. The highest BCUT2D eigenvalue weighted by molar-refractivity contribution is 7.15. The number of hydrogen-bond acceptors (Lipinski definition) is 5. The molecule has 2 atom stereocenters. The molecule has 1 aliphatic heterocycles. The minimum atomic E-state index is 0.403. The van der Waals surface area contributed by atoms with Crippen LogP contribution >= 0.6 is 11.3 Å². The summed E-state index contributed by atoms with van der Waals surface area (Å²) >= 11 is 1.86. The summed E-state index contributed by atoms with van der Waals surface area (Å²) in [4.78, 5) is 11.0. The Hall–Kier alpha value is -0.650. The van der Waals surface area contributed by atoms with Gasteiger partial charge in [0.25, 0.3) is 0 Å². The van der Waals surface area contributed by atoms with Crippen LogP contribution in [0.15, 0.2) is 0 Å². The van der Waals surface area contributed by atoms with Crippen LogP contribution in [-0.4, -0.2) is 49.7 Å². The molecule has 1 aromatic rings. The van der Waals surface area contributed by atoms with Gasteiger partial charge in [-0.1, -0.05) is 6.92 Å². The van der Waals surface area contributed by atoms with Crippen molar-refractivity contribution in [3.8, 4) is 0 Å². The monoisotopic (exact) mass is 296 g/mol. The first-order chi connectivity index (χ1) is 9.52. The number of aromatic nitrogens is 1. The van der Waals surface area contributed by atoms with Crippen LogP contribution in [-0.2, 0) is 0 Å². The lowest BCUT2D eigenvalue weighted by Gasteiger charge is -2.36. The number of nitrogens with zero attached hydrogens (tertiary/aromatic N) is 3. The second-order valence-corrected chi connectivity index (χ2v) is 6.94. The molecule has 0 saturated carbocycles. The van der Waals surface area contributed by atoms with E-state index in [1.54, 1.807) is 0 Å². The van der Waals surface area contributed by atoms with Gasteiger partial charge in [0.05, 0.1) is 5.69 Å². The Bertz CT molecular complexity index is 430. The number of rotatable bonds is 5. The first-order valence-electron chi connectivity index (χ1n) is 7.65. The average Bonchev–Trinajstić information content (AvgIpc) is 2.81. The third-order valence-electron chi connectivity index (χ3n) is 4.12. The van der Waals surface area contributed by atoms with E-state index in [-0.39, 0.29) is 0 Å². The SMILES string of the molecule is CCNC(C)c1sc(N2CCCC(N(C)C)C2)nc1C. The number of hydrogen-bond donors (Lipinski definition) is 1. The lowest BCUT2D eigenvalue weighted by Crippen LogP contribution is -2.45. The Morgan fingerprint density at radius 3 is 2.90 bits per heavy atom. The number of anilines is 1. The van der Waals surface area contributed by atoms with Gasteiger partial charge in [0, 0.05) is 30.1 Å². The molecule has 1 aromatic heterocycles. The van der Waals surface area contributed by atoms with Crippen molar-refractivity contribution in [3.63, 3.8) is 0 Å². The molecule has 0 aromatic carbocycles. The van der Waals surface area contributed by atoms with E-state index in [9.17, 15) is 0 Å². The van der Waals surface area contributed by atoms with Crippen LogP contribution in [0.4, 0.5) is 5.13 Å². The fraction of sp³-hybridized carbons (Fsp3) is 0.800. The van der Waals surface area contributed by atoms with E-state index in [1.165, 1.54) is 28.5 Å². The summed E-state index contributed by atoms with van der Waals surface area (Å²) in [5, 5.41) is 4.69. The van der Waals surface area contributed by atoms with Gasteiger partial charge in [-0.2, -0.15) is 0 Å². The molecule has 20 heavy (non-hydrogen) atoms. The maximum absolute atomic E-state index is 4.82. The standard InChI is InChI=1S/C15H28N4S/c1-6-16-11(2)14-12(3)17-15(20-14)19-9-7-8-13(10-19)18(4)5/h11,13,16H,6-10H2,1-5H3. The predicted molar refractivity (Wildman–Crippen MR) is 87.9 cm³/mol. The normalized spacial score (nSPS) is 21.5. The van der Waals surface area contributed by atoms with Crippen molar-refractivity contribution >= 4 is 16.5 Å². The highest BCUT2D eigenvalue weighted by Crippen LogP contribution is 2.32. The molecular formula is C15H28N4S. The summed E-state index contributed by atoms with van der Waals surface area (Å²) in [7, 11) is 4.36. The van der Waals surface area contributed by atoms with Gasteiger partial charge in [0.1, 0.15) is 0 Å². The molecule has 0 aliphatic carbocycles.